The van der Waals surface area contributed by atoms with Crippen molar-refractivity contribution in [1.29, 1.82) is 5.26 Å². The van der Waals surface area contributed by atoms with Gasteiger partial charge in [0.15, 0.2) is 5.82 Å². The summed E-state index contributed by atoms with van der Waals surface area (Å²) in [6.45, 7) is 2.58. The van der Waals surface area contributed by atoms with Gasteiger partial charge in [0.1, 0.15) is 6.04 Å². The molecule has 1 saturated heterocycles. The highest BCUT2D eigenvalue weighted by Crippen LogP contribution is 2.49. The molecular formula is C34H35N9O3. The average molecular weight is 618 g/mol. The van der Waals surface area contributed by atoms with E-state index in [9.17, 15) is 19.6 Å². The molecule has 1 aromatic heterocycles. The zero-order valence-electron chi connectivity index (χ0n) is 25.5. The van der Waals surface area contributed by atoms with Crippen molar-refractivity contribution in [2.24, 2.45) is 11.5 Å². The Bertz CT molecular complexity index is 1760. The highest BCUT2D eigenvalue weighted by atomic mass is 16.2. The summed E-state index contributed by atoms with van der Waals surface area (Å²) >= 11 is 0. The van der Waals surface area contributed by atoms with Crippen molar-refractivity contribution in [2.45, 2.75) is 56.5 Å². The minimum atomic E-state index is -1.02. The molecule has 6 N–H and O–H groups in total. The predicted molar refractivity (Wildman–Crippen MR) is 168 cm³/mol. The van der Waals surface area contributed by atoms with Crippen LogP contribution in [0.5, 0.6) is 0 Å². The van der Waals surface area contributed by atoms with E-state index < -0.39 is 29.3 Å². The number of hydrogen-bond acceptors (Lipinski definition) is 8. The summed E-state index contributed by atoms with van der Waals surface area (Å²) in [6.07, 6.45) is 2.93. The van der Waals surface area contributed by atoms with E-state index in [2.05, 4.69) is 32.0 Å². The Morgan fingerprint density at radius 2 is 1.65 bits per heavy atom. The van der Waals surface area contributed by atoms with E-state index in [-0.39, 0.29) is 12.5 Å². The van der Waals surface area contributed by atoms with Crippen molar-refractivity contribution in [3.63, 3.8) is 0 Å². The smallest absolute Gasteiger partial charge is 0.248 e. The number of nitrogens with zero attached hydrogens (tertiary/aromatic N) is 5. The van der Waals surface area contributed by atoms with Gasteiger partial charge in [0.2, 0.25) is 17.7 Å². The number of tetrazole rings is 1. The number of primary amides is 2. The molecular weight excluding hydrogens is 582 g/mol. The molecule has 1 fully saturated rings. The van der Waals surface area contributed by atoms with E-state index in [0.717, 1.165) is 39.8 Å². The molecule has 12 nitrogen and oxygen atoms in total. The minimum Gasteiger partial charge on any atom is -0.366 e. The second-order valence-corrected chi connectivity index (χ2v) is 12.1. The maximum absolute atomic E-state index is 13.4. The van der Waals surface area contributed by atoms with Crippen molar-refractivity contribution in [3.05, 3.63) is 111 Å². The quantitative estimate of drug-likeness (QED) is 0.219. The molecule has 46 heavy (non-hydrogen) atoms. The number of hydrogen-bond donors (Lipinski definition) is 4. The van der Waals surface area contributed by atoms with E-state index in [4.69, 9.17) is 11.5 Å². The van der Waals surface area contributed by atoms with Crippen molar-refractivity contribution in [1.82, 2.24) is 30.8 Å². The number of amides is 3. The van der Waals surface area contributed by atoms with Gasteiger partial charge in [-0.05, 0) is 102 Å². The monoisotopic (exact) mass is 617 g/mol. The van der Waals surface area contributed by atoms with Crippen molar-refractivity contribution < 1.29 is 14.4 Å². The number of fused-ring (bicyclic) bond motifs is 2. The molecule has 3 amide bonds. The van der Waals surface area contributed by atoms with Crippen molar-refractivity contribution in [2.75, 3.05) is 13.1 Å². The molecule has 12 heteroatoms. The molecule has 2 atom stereocenters. The maximum Gasteiger partial charge on any atom is 0.248 e. The number of nitrogens with two attached hydrogens (primary N) is 2. The third kappa shape index (κ3) is 5.61. The third-order valence-electron chi connectivity index (χ3n) is 9.32. The Labute approximate surface area is 266 Å². The van der Waals surface area contributed by atoms with E-state index in [1.807, 2.05) is 55.5 Å². The number of nitrogens with one attached hydrogen (secondary N) is 2. The second-order valence-electron chi connectivity index (χ2n) is 12.1. The van der Waals surface area contributed by atoms with Crippen LogP contribution >= 0.6 is 0 Å². The molecule has 6 rings (SSSR count). The lowest BCUT2D eigenvalue weighted by Crippen LogP contribution is -2.43. The van der Waals surface area contributed by atoms with E-state index >= 15 is 0 Å². The van der Waals surface area contributed by atoms with Crippen LogP contribution in [0.25, 0.3) is 0 Å². The van der Waals surface area contributed by atoms with Gasteiger partial charge in [0, 0.05) is 23.7 Å². The van der Waals surface area contributed by atoms with Crippen LogP contribution in [-0.2, 0) is 23.1 Å². The highest BCUT2D eigenvalue weighted by Gasteiger charge is 2.46. The summed E-state index contributed by atoms with van der Waals surface area (Å²) < 4.78 is 0. The van der Waals surface area contributed by atoms with Gasteiger partial charge in [-0.15, -0.1) is 5.10 Å². The molecule has 0 radical (unpaired) electrons. The largest absolute Gasteiger partial charge is 0.366 e. The number of aromatic amines is 1. The first kappa shape index (κ1) is 30.6. The van der Waals surface area contributed by atoms with Gasteiger partial charge in [0.05, 0.1) is 18.0 Å². The van der Waals surface area contributed by atoms with E-state index in [0.29, 0.717) is 49.2 Å². The van der Waals surface area contributed by atoms with Gasteiger partial charge in [-0.1, -0.05) is 42.0 Å². The summed E-state index contributed by atoms with van der Waals surface area (Å²) in [5.74, 6) is -0.758. The number of carbonyl (C=O) groups excluding carboxylic acids is 3. The Hall–Kier alpha value is -5.41. The second kappa shape index (κ2) is 12.5. The fourth-order valence-electron chi connectivity index (χ4n) is 6.99. The number of likely N-dealkylation sites (tertiary alicyclic amines) is 1. The van der Waals surface area contributed by atoms with Gasteiger partial charge in [-0.2, -0.15) is 5.26 Å². The number of benzene rings is 3. The summed E-state index contributed by atoms with van der Waals surface area (Å²) in [7, 11) is 0. The van der Waals surface area contributed by atoms with Crippen LogP contribution in [0.4, 0.5) is 0 Å². The zero-order valence-corrected chi connectivity index (χ0v) is 25.5. The molecule has 1 aliphatic carbocycles. The van der Waals surface area contributed by atoms with Crippen LogP contribution in [0.15, 0.2) is 60.7 Å². The maximum atomic E-state index is 13.4. The molecule has 0 saturated carbocycles. The van der Waals surface area contributed by atoms with Crippen molar-refractivity contribution >= 4 is 17.7 Å². The normalized spacial score (nSPS) is 17.3. The topological polar surface area (TPSA) is 197 Å². The number of aryl methyl sites for hydroxylation is 3. The third-order valence-corrected chi connectivity index (χ3v) is 9.32. The summed E-state index contributed by atoms with van der Waals surface area (Å²) in [5, 5.41) is 28.5. The van der Waals surface area contributed by atoms with Gasteiger partial charge >= 0.3 is 0 Å². The van der Waals surface area contributed by atoms with Crippen LogP contribution in [-0.4, -0.2) is 62.4 Å². The molecule has 0 bridgehead atoms. The Morgan fingerprint density at radius 3 is 2.20 bits per heavy atom. The number of carbonyl (C=O) groups is 3. The van der Waals surface area contributed by atoms with E-state index in [1.54, 1.807) is 17.0 Å². The average Bonchev–Trinajstić information content (AvgIpc) is 3.75. The lowest BCUT2D eigenvalue weighted by Gasteiger charge is -2.38. The van der Waals surface area contributed by atoms with Crippen LogP contribution in [0.1, 0.15) is 85.2 Å². The molecule has 1 unspecified atom stereocenters. The number of H-pyrrole nitrogens is 1. The molecule has 4 aromatic rings. The Kier molecular flexibility index (Phi) is 8.34. The molecule has 0 spiro atoms. The lowest BCUT2D eigenvalue weighted by atomic mass is 9.67. The standard InChI is InChI=1S/C34H35N9O3/c1-20-4-6-21(7-5-20)29(38-19-30(44)43-14-2-3-26(43)18-35)17-34(33-39-41-42-40-33)27-12-10-24(31(36)45)15-22(27)8-9-23-16-25(32(37)46)11-13-28(23)34/h4-7,10-13,15-16,26,29,38H,2-3,8-9,14,17,19H2,1H3,(H2,36,45)(H2,37,46)(H,39,40,41,42)/t26?,29-/m1/s1. The molecule has 2 aliphatic rings. The van der Waals surface area contributed by atoms with Crippen LogP contribution in [0.2, 0.25) is 0 Å². The fraction of sp³-hybridized carbons (Fsp3) is 0.324. The fourth-order valence-corrected chi connectivity index (χ4v) is 6.99. The molecule has 234 valence electrons. The number of rotatable bonds is 9. The van der Waals surface area contributed by atoms with Gasteiger partial charge in [-0.25, -0.2) is 5.10 Å². The van der Waals surface area contributed by atoms with Crippen molar-refractivity contribution in [3.8, 4) is 6.07 Å². The van der Waals surface area contributed by atoms with Gasteiger partial charge in [0.25, 0.3) is 0 Å². The van der Waals surface area contributed by atoms with E-state index in [1.165, 1.54) is 0 Å². The SMILES string of the molecule is Cc1ccc([C@@H](CC2(c3nnn[nH]3)c3ccc(C(N)=O)cc3CCc3cc(C(N)=O)ccc32)NCC(=O)N2CCCC2C#N)cc1. The first-order valence-corrected chi connectivity index (χ1v) is 15.3. The van der Waals surface area contributed by atoms with Crippen LogP contribution < -0.4 is 16.8 Å². The highest BCUT2D eigenvalue weighted by molar-refractivity contribution is 5.94. The Morgan fingerprint density at radius 1 is 1.02 bits per heavy atom. The Balaban J connectivity index is 1.53. The van der Waals surface area contributed by atoms with Crippen LogP contribution in [0, 0.1) is 18.3 Å². The zero-order chi connectivity index (χ0) is 32.4. The first-order chi connectivity index (χ1) is 22.2. The molecule has 2 heterocycles. The van der Waals surface area contributed by atoms with Crippen LogP contribution in [0.3, 0.4) is 0 Å². The summed E-state index contributed by atoms with van der Waals surface area (Å²) in [5.41, 5.74) is 16.7. The van der Waals surface area contributed by atoms with Gasteiger partial charge < -0.3 is 21.7 Å². The van der Waals surface area contributed by atoms with Gasteiger partial charge in [-0.3, -0.25) is 14.4 Å². The molecule has 3 aromatic carbocycles. The molecule has 1 aliphatic heterocycles. The summed E-state index contributed by atoms with van der Waals surface area (Å²) in [6, 6.07) is 20.3. The lowest BCUT2D eigenvalue weighted by molar-refractivity contribution is -0.130. The first-order valence-electron chi connectivity index (χ1n) is 15.3. The summed E-state index contributed by atoms with van der Waals surface area (Å²) in [4.78, 5) is 39.6. The predicted octanol–water partition coefficient (Wildman–Crippen LogP) is 2.37. The minimum absolute atomic E-state index is 0.0163. The number of aromatic nitrogens is 4. The number of nitriles is 1.